The van der Waals surface area contributed by atoms with Crippen LogP contribution in [0.2, 0.25) is 5.02 Å². The van der Waals surface area contributed by atoms with Gasteiger partial charge in [-0.2, -0.15) is 0 Å². The molecule has 3 rings (SSSR count). The van der Waals surface area contributed by atoms with Crippen LogP contribution in [0.15, 0.2) is 36.9 Å². The number of imidazole rings is 1. The van der Waals surface area contributed by atoms with Crippen molar-refractivity contribution in [1.29, 1.82) is 0 Å². The molecule has 0 aliphatic heterocycles. The fourth-order valence-electron chi connectivity index (χ4n) is 2.48. The average Bonchev–Trinajstić information content (AvgIpc) is 3.04. The zero-order valence-corrected chi connectivity index (χ0v) is 15.4. The second-order valence-electron chi connectivity index (χ2n) is 5.81. The number of rotatable bonds is 5. The summed E-state index contributed by atoms with van der Waals surface area (Å²) >= 11 is 6.13. The van der Waals surface area contributed by atoms with Crippen LogP contribution in [-0.2, 0) is 4.79 Å². The Labute approximate surface area is 156 Å². The molecule has 0 bridgehead atoms. The Bertz CT molecular complexity index is 931. The number of nitrogens with zero attached hydrogens (tertiary/aromatic N) is 4. The number of nitrogens with one attached hydrogen (secondary N) is 1. The number of aryl methyl sites for hydroxylation is 3. The summed E-state index contributed by atoms with van der Waals surface area (Å²) in [5, 5.41) is 3.40. The van der Waals surface area contributed by atoms with E-state index in [1.54, 1.807) is 35.2 Å². The van der Waals surface area contributed by atoms with Crippen molar-refractivity contribution in [2.45, 2.75) is 20.8 Å². The van der Waals surface area contributed by atoms with Crippen LogP contribution in [0.1, 0.15) is 17.0 Å². The predicted octanol–water partition coefficient (Wildman–Crippen LogP) is 3.26. The molecular formula is C18H18ClN5O2. The smallest absolute Gasteiger partial charge is 0.263 e. The maximum Gasteiger partial charge on any atom is 0.263 e. The largest absolute Gasteiger partial charge is 0.484 e. The van der Waals surface area contributed by atoms with E-state index in [2.05, 4.69) is 20.3 Å². The molecule has 8 heteroatoms. The van der Waals surface area contributed by atoms with Crippen LogP contribution in [-0.4, -0.2) is 32.0 Å². The lowest BCUT2D eigenvalue weighted by Crippen LogP contribution is -2.21. The van der Waals surface area contributed by atoms with Crippen molar-refractivity contribution in [3.05, 3.63) is 58.9 Å². The number of benzene rings is 1. The van der Waals surface area contributed by atoms with Gasteiger partial charge in [0.15, 0.2) is 6.61 Å². The third-order valence-corrected chi connectivity index (χ3v) is 4.37. The van der Waals surface area contributed by atoms with Crippen LogP contribution in [0, 0.1) is 20.8 Å². The summed E-state index contributed by atoms with van der Waals surface area (Å²) in [6.45, 7) is 5.51. The first kappa shape index (κ1) is 17.9. The summed E-state index contributed by atoms with van der Waals surface area (Å²) in [4.78, 5) is 24.6. The van der Waals surface area contributed by atoms with E-state index in [0.717, 1.165) is 17.0 Å². The molecule has 0 spiro atoms. The van der Waals surface area contributed by atoms with Crippen molar-refractivity contribution in [3.63, 3.8) is 0 Å². The summed E-state index contributed by atoms with van der Waals surface area (Å²) in [5.41, 5.74) is 1.80. The van der Waals surface area contributed by atoms with Crippen molar-refractivity contribution >= 4 is 23.3 Å². The molecule has 7 nitrogen and oxygen atoms in total. The second-order valence-corrected chi connectivity index (χ2v) is 6.19. The Hall–Kier alpha value is -2.93. The van der Waals surface area contributed by atoms with Crippen LogP contribution in [0.25, 0.3) is 5.82 Å². The number of hydrogen-bond donors (Lipinski definition) is 1. The van der Waals surface area contributed by atoms with Crippen LogP contribution >= 0.6 is 11.6 Å². The van der Waals surface area contributed by atoms with Crippen LogP contribution in [0.4, 0.5) is 5.82 Å². The third kappa shape index (κ3) is 4.00. The molecular weight excluding hydrogens is 354 g/mol. The van der Waals surface area contributed by atoms with Gasteiger partial charge in [0.1, 0.15) is 29.5 Å². The maximum atomic E-state index is 12.1. The highest BCUT2D eigenvalue weighted by molar-refractivity contribution is 6.32. The number of hydrogen-bond acceptors (Lipinski definition) is 5. The Morgan fingerprint density at radius 2 is 1.88 bits per heavy atom. The average molecular weight is 372 g/mol. The standard InChI is InChI=1S/C18H18ClN5O2/c1-11-6-14(7-12(2)18(11)19)26-9-17(25)23-15-8-16(22-10-21-15)24-5-4-20-13(24)3/h4-8,10H,9H2,1-3H3,(H,21,22,23,25). The Morgan fingerprint density at radius 1 is 1.15 bits per heavy atom. The molecule has 26 heavy (non-hydrogen) atoms. The molecule has 2 heterocycles. The van der Waals surface area contributed by atoms with Gasteiger partial charge in [0, 0.05) is 23.5 Å². The number of ether oxygens (including phenoxy) is 1. The number of carbonyl (C=O) groups excluding carboxylic acids is 1. The zero-order valence-electron chi connectivity index (χ0n) is 14.7. The van der Waals surface area contributed by atoms with Crippen LogP contribution < -0.4 is 10.1 Å². The molecule has 1 amide bonds. The molecule has 0 atom stereocenters. The Morgan fingerprint density at radius 3 is 2.54 bits per heavy atom. The minimum atomic E-state index is -0.317. The SMILES string of the molecule is Cc1cc(OCC(=O)Nc2cc(-n3ccnc3C)ncn2)cc(C)c1Cl. The van der Waals surface area contributed by atoms with Crippen molar-refractivity contribution < 1.29 is 9.53 Å². The van der Waals surface area contributed by atoms with Crippen LogP contribution in [0.3, 0.4) is 0 Å². The third-order valence-electron chi connectivity index (χ3n) is 3.77. The first-order valence-electron chi connectivity index (χ1n) is 7.96. The molecule has 1 N–H and O–H groups in total. The monoisotopic (exact) mass is 371 g/mol. The molecule has 0 saturated heterocycles. The summed E-state index contributed by atoms with van der Waals surface area (Å²) < 4.78 is 7.35. The van der Waals surface area contributed by atoms with E-state index in [4.69, 9.17) is 16.3 Å². The Balaban J connectivity index is 1.65. The summed E-state index contributed by atoms with van der Waals surface area (Å²) in [5.74, 6) is 2.08. The summed E-state index contributed by atoms with van der Waals surface area (Å²) in [6, 6.07) is 5.27. The van der Waals surface area contributed by atoms with E-state index in [1.807, 2.05) is 20.8 Å². The molecule has 134 valence electrons. The van der Waals surface area contributed by atoms with E-state index < -0.39 is 0 Å². The van der Waals surface area contributed by atoms with E-state index in [1.165, 1.54) is 6.33 Å². The van der Waals surface area contributed by atoms with Gasteiger partial charge in [-0.25, -0.2) is 15.0 Å². The van der Waals surface area contributed by atoms with Gasteiger partial charge in [-0.05, 0) is 44.0 Å². The number of anilines is 1. The lowest BCUT2D eigenvalue weighted by Gasteiger charge is -2.10. The molecule has 0 fully saturated rings. The van der Waals surface area contributed by atoms with Gasteiger partial charge in [0.2, 0.25) is 0 Å². The number of carbonyl (C=O) groups is 1. The van der Waals surface area contributed by atoms with Gasteiger partial charge in [-0.1, -0.05) is 11.6 Å². The van der Waals surface area contributed by atoms with Gasteiger partial charge >= 0.3 is 0 Å². The topological polar surface area (TPSA) is 81.9 Å². The van der Waals surface area contributed by atoms with E-state index >= 15 is 0 Å². The second kappa shape index (κ2) is 7.53. The minimum Gasteiger partial charge on any atom is -0.484 e. The van der Waals surface area contributed by atoms with Crippen molar-refractivity contribution in [3.8, 4) is 11.6 Å². The molecule has 0 aliphatic rings. The zero-order chi connectivity index (χ0) is 18.7. The van der Waals surface area contributed by atoms with E-state index in [0.29, 0.717) is 22.4 Å². The quantitative estimate of drug-likeness (QED) is 0.744. The number of aromatic nitrogens is 4. The highest BCUT2D eigenvalue weighted by Crippen LogP contribution is 2.25. The molecule has 2 aromatic heterocycles. The van der Waals surface area contributed by atoms with Crippen molar-refractivity contribution in [2.24, 2.45) is 0 Å². The molecule has 1 aromatic carbocycles. The maximum absolute atomic E-state index is 12.1. The van der Waals surface area contributed by atoms with E-state index in [-0.39, 0.29) is 12.5 Å². The molecule has 0 radical (unpaired) electrons. The summed E-state index contributed by atoms with van der Waals surface area (Å²) in [7, 11) is 0. The number of halogens is 1. The fourth-order valence-corrected chi connectivity index (χ4v) is 2.59. The van der Waals surface area contributed by atoms with Crippen molar-refractivity contribution in [1.82, 2.24) is 19.5 Å². The van der Waals surface area contributed by atoms with Gasteiger partial charge in [-0.3, -0.25) is 9.36 Å². The van der Waals surface area contributed by atoms with Gasteiger partial charge in [-0.15, -0.1) is 0 Å². The molecule has 0 unspecified atom stereocenters. The molecule has 0 saturated carbocycles. The van der Waals surface area contributed by atoms with E-state index in [9.17, 15) is 4.79 Å². The fraction of sp³-hybridized carbons (Fsp3) is 0.222. The lowest BCUT2D eigenvalue weighted by atomic mass is 10.1. The van der Waals surface area contributed by atoms with Gasteiger partial charge < -0.3 is 10.1 Å². The first-order valence-corrected chi connectivity index (χ1v) is 8.33. The normalized spacial score (nSPS) is 10.6. The molecule has 0 aliphatic carbocycles. The highest BCUT2D eigenvalue weighted by atomic mass is 35.5. The highest BCUT2D eigenvalue weighted by Gasteiger charge is 2.09. The number of amides is 1. The predicted molar refractivity (Wildman–Crippen MR) is 98.9 cm³/mol. The van der Waals surface area contributed by atoms with Gasteiger partial charge in [0.05, 0.1) is 0 Å². The van der Waals surface area contributed by atoms with Crippen LogP contribution in [0.5, 0.6) is 5.75 Å². The van der Waals surface area contributed by atoms with Crippen molar-refractivity contribution in [2.75, 3.05) is 11.9 Å². The minimum absolute atomic E-state index is 0.135. The lowest BCUT2D eigenvalue weighted by molar-refractivity contribution is -0.118. The first-order chi connectivity index (χ1) is 12.4. The summed E-state index contributed by atoms with van der Waals surface area (Å²) in [6.07, 6.45) is 4.86. The van der Waals surface area contributed by atoms with Gasteiger partial charge in [0.25, 0.3) is 5.91 Å². The Kier molecular flexibility index (Phi) is 5.18. The molecule has 3 aromatic rings.